The van der Waals surface area contributed by atoms with E-state index in [0.717, 1.165) is 24.5 Å². The molecular formula is C14H20N2OS. The standard InChI is InChI=1S/C14H20N2OS/c1-10-3-5-13(6-4-10)18-11(2)14(17)16-9-12-7-15-8-12/h3-6,11-12,15H,7-9H2,1-2H3,(H,16,17). The maximum Gasteiger partial charge on any atom is 0.233 e. The molecule has 0 saturated carbocycles. The van der Waals surface area contributed by atoms with Gasteiger partial charge in [-0.1, -0.05) is 17.7 Å². The van der Waals surface area contributed by atoms with Gasteiger partial charge in [0.1, 0.15) is 0 Å². The van der Waals surface area contributed by atoms with E-state index in [9.17, 15) is 4.79 Å². The summed E-state index contributed by atoms with van der Waals surface area (Å²) in [5.74, 6) is 0.748. The van der Waals surface area contributed by atoms with E-state index < -0.39 is 0 Å². The van der Waals surface area contributed by atoms with Gasteiger partial charge in [0.25, 0.3) is 0 Å². The smallest absolute Gasteiger partial charge is 0.233 e. The van der Waals surface area contributed by atoms with Gasteiger partial charge in [0.15, 0.2) is 0 Å². The average Bonchev–Trinajstić information content (AvgIpc) is 2.30. The number of carbonyl (C=O) groups is 1. The van der Waals surface area contributed by atoms with Crippen molar-refractivity contribution in [3.63, 3.8) is 0 Å². The van der Waals surface area contributed by atoms with Crippen molar-refractivity contribution in [3.8, 4) is 0 Å². The summed E-state index contributed by atoms with van der Waals surface area (Å²) in [6.07, 6.45) is 0. The lowest BCUT2D eigenvalue weighted by molar-refractivity contribution is -0.120. The van der Waals surface area contributed by atoms with Crippen LogP contribution < -0.4 is 10.6 Å². The highest BCUT2D eigenvalue weighted by molar-refractivity contribution is 8.00. The van der Waals surface area contributed by atoms with E-state index in [1.54, 1.807) is 11.8 Å². The molecule has 0 aliphatic carbocycles. The molecule has 1 heterocycles. The van der Waals surface area contributed by atoms with Gasteiger partial charge in [-0.3, -0.25) is 4.79 Å². The zero-order chi connectivity index (χ0) is 13.0. The van der Waals surface area contributed by atoms with Crippen molar-refractivity contribution in [1.29, 1.82) is 0 Å². The van der Waals surface area contributed by atoms with Crippen LogP contribution in [0.25, 0.3) is 0 Å². The highest BCUT2D eigenvalue weighted by atomic mass is 32.2. The van der Waals surface area contributed by atoms with Gasteiger partial charge >= 0.3 is 0 Å². The molecule has 0 bridgehead atoms. The van der Waals surface area contributed by atoms with E-state index in [4.69, 9.17) is 0 Å². The molecule has 1 unspecified atom stereocenters. The molecule has 1 amide bonds. The molecule has 0 aromatic heterocycles. The summed E-state index contributed by atoms with van der Waals surface area (Å²) in [5, 5.41) is 6.18. The third-order valence-corrected chi connectivity index (χ3v) is 4.25. The van der Waals surface area contributed by atoms with Gasteiger partial charge in [0.05, 0.1) is 5.25 Å². The quantitative estimate of drug-likeness (QED) is 0.797. The van der Waals surface area contributed by atoms with Gasteiger partial charge in [-0.25, -0.2) is 0 Å². The average molecular weight is 264 g/mol. The van der Waals surface area contributed by atoms with Crippen LogP contribution in [-0.2, 0) is 4.79 Å². The summed E-state index contributed by atoms with van der Waals surface area (Å²) in [5.41, 5.74) is 1.24. The third-order valence-electron chi connectivity index (χ3n) is 3.13. The summed E-state index contributed by atoms with van der Waals surface area (Å²) in [6.45, 7) is 6.88. The minimum Gasteiger partial charge on any atom is -0.355 e. The zero-order valence-corrected chi connectivity index (χ0v) is 11.7. The molecule has 4 heteroatoms. The molecule has 2 rings (SSSR count). The van der Waals surface area contributed by atoms with Gasteiger partial charge in [-0.2, -0.15) is 0 Å². The lowest BCUT2D eigenvalue weighted by atomic mass is 10.0. The van der Waals surface area contributed by atoms with Crippen molar-refractivity contribution in [2.75, 3.05) is 19.6 Å². The number of hydrogen-bond acceptors (Lipinski definition) is 3. The van der Waals surface area contributed by atoms with Crippen LogP contribution in [0.15, 0.2) is 29.2 Å². The molecule has 0 radical (unpaired) electrons. The molecule has 1 atom stereocenters. The van der Waals surface area contributed by atoms with Gasteiger partial charge in [-0.15, -0.1) is 11.8 Å². The summed E-state index contributed by atoms with van der Waals surface area (Å²) >= 11 is 1.61. The van der Waals surface area contributed by atoms with Gasteiger partial charge in [0.2, 0.25) is 5.91 Å². The van der Waals surface area contributed by atoms with Gasteiger partial charge < -0.3 is 10.6 Å². The predicted octanol–water partition coefficient (Wildman–Crippen LogP) is 1.81. The van der Waals surface area contributed by atoms with E-state index in [1.807, 2.05) is 6.92 Å². The normalized spacial score (nSPS) is 17.0. The summed E-state index contributed by atoms with van der Waals surface area (Å²) in [4.78, 5) is 13.1. The number of benzene rings is 1. The van der Waals surface area contributed by atoms with Gasteiger partial charge in [0, 0.05) is 30.4 Å². The molecule has 1 fully saturated rings. The lowest BCUT2D eigenvalue weighted by Crippen LogP contribution is -2.49. The largest absolute Gasteiger partial charge is 0.355 e. The first-order chi connectivity index (χ1) is 8.65. The summed E-state index contributed by atoms with van der Waals surface area (Å²) in [6, 6.07) is 8.29. The van der Waals surface area contributed by atoms with Crippen LogP contribution in [0.2, 0.25) is 0 Å². The Morgan fingerprint density at radius 3 is 2.67 bits per heavy atom. The molecule has 18 heavy (non-hydrogen) atoms. The number of nitrogens with one attached hydrogen (secondary N) is 2. The number of hydrogen-bond donors (Lipinski definition) is 2. The minimum atomic E-state index is -0.0410. The van der Waals surface area contributed by atoms with Crippen molar-refractivity contribution < 1.29 is 4.79 Å². The van der Waals surface area contributed by atoms with Crippen molar-refractivity contribution >= 4 is 17.7 Å². The molecule has 1 aromatic rings. The van der Waals surface area contributed by atoms with E-state index in [1.165, 1.54) is 5.56 Å². The monoisotopic (exact) mass is 264 g/mol. The van der Waals surface area contributed by atoms with Crippen molar-refractivity contribution in [1.82, 2.24) is 10.6 Å². The Morgan fingerprint density at radius 1 is 1.44 bits per heavy atom. The van der Waals surface area contributed by atoms with Gasteiger partial charge in [-0.05, 0) is 26.0 Å². The molecule has 98 valence electrons. The van der Waals surface area contributed by atoms with Crippen molar-refractivity contribution in [3.05, 3.63) is 29.8 Å². The molecule has 2 N–H and O–H groups in total. The minimum absolute atomic E-state index is 0.0410. The molecule has 1 saturated heterocycles. The second kappa shape index (κ2) is 6.25. The molecular weight excluding hydrogens is 244 g/mol. The van der Waals surface area contributed by atoms with E-state index >= 15 is 0 Å². The fraction of sp³-hybridized carbons (Fsp3) is 0.500. The van der Waals surface area contributed by atoms with E-state index in [0.29, 0.717) is 5.92 Å². The Balaban J connectivity index is 1.77. The number of thioether (sulfide) groups is 1. The van der Waals surface area contributed by atoms with Crippen LogP contribution in [0.1, 0.15) is 12.5 Å². The molecule has 1 aliphatic rings. The Labute approximate surface area is 113 Å². The number of carbonyl (C=O) groups excluding carboxylic acids is 1. The number of aryl methyl sites for hydroxylation is 1. The topological polar surface area (TPSA) is 41.1 Å². The summed E-state index contributed by atoms with van der Waals surface area (Å²) in [7, 11) is 0. The first kappa shape index (κ1) is 13.4. The Bertz CT molecular complexity index is 401. The molecule has 1 aliphatic heterocycles. The zero-order valence-electron chi connectivity index (χ0n) is 10.9. The highest BCUT2D eigenvalue weighted by Crippen LogP contribution is 2.23. The van der Waals surface area contributed by atoms with Crippen molar-refractivity contribution in [2.24, 2.45) is 5.92 Å². The van der Waals surface area contributed by atoms with E-state index in [-0.39, 0.29) is 11.2 Å². The number of rotatable bonds is 5. The fourth-order valence-corrected chi connectivity index (χ4v) is 2.65. The molecule has 3 nitrogen and oxygen atoms in total. The second-order valence-electron chi connectivity index (χ2n) is 4.84. The Hall–Kier alpha value is -1.00. The molecule has 0 spiro atoms. The fourth-order valence-electron chi connectivity index (χ4n) is 1.76. The maximum atomic E-state index is 11.9. The van der Waals surface area contributed by atoms with Crippen LogP contribution in [0, 0.1) is 12.8 Å². The first-order valence-electron chi connectivity index (χ1n) is 6.37. The van der Waals surface area contributed by atoms with E-state index in [2.05, 4.69) is 41.8 Å². The Morgan fingerprint density at radius 2 is 2.11 bits per heavy atom. The second-order valence-corrected chi connectivity index (χ2v) is 6.26. The Kier molecular flexibility index (Phi) is 4.66. The van der Waals surface area contributed by atoms with Crippen LogP contribution in [-0.4, -0.2) is 30.8 Å². The SMILES string of the molecule is Cc1ccc(SC(C)C(=O)NCC2CNC2)cc1. The van der Waals surface area contributed by atoms with Crippen LogP contribution in [0.4, 0.5) is 0 Å². The summed E-state index contributed by atoms with van der Waals surface area (Å²) < 4.78 is 0. The number of amides is 1. The molecule has 1 aromatic carbocycles. The van der Waals surface area contributed by atoms with Crippen LogP contribution >= 0.6 is 11.8 Å². The van der Waals surface area contributed by atoms with Crippen LogP contribution in [0.5, 0.6) is 0 Å². The predicted molar refractivity (Wildman–Crippen MR) is 75.9 cm³/mol. The van der Waals surface area contributed by atoms with Crippen LogP contribution in [0.3, 0.4) is 0 Å². The first-order valence-corrected chi connectivity index (χ1v) is 7.25. The van der Waals surface area contributed by atoms with Crippen molar-refractivity contribution in [2.45, 2.75) is 24.0 Å². The maximum absolute atomic E-state index is 11.9. The lowest BCUT2D eigenvalue weighted by Gasteiger charge is -2.27. The highest BCUT2D eigenvalue weighted by Gasteiger charge is 2.19. The third kappa shape index (κ3) is 3.75.